The lowest BCUT2D eigenvalue weighted by Crippen LogP contribution is -2.48. The number of nitrogens with one attached hydrogen (secondary N) is 2. The van der Waals surface area contributed by atoms with Crippen molar-refractivity contribution in [2.24, 2.45) is 0 Å². The van der Waals surface area contributed by atoms with Gasteiger partial charge < -0.3 is 15.5 Å². The first-order valence-corrected chi connectivity index (χ1v) is 8.80. The molecular weight excluding hydrogens is 333 g/mol. The van der Waals surface area contributed by atoms with Gasteiger partial charge in [0, 0.05) is 43.4 Å². The van der Waals surface area contributed by atoms with Gasteiger partial charge in [0.2, 0.25) is 0 Å². The van der Waals surface area contributed by atoms with Crippen molar-refractivity contribution in [3.05, 3.63) is 47.9 Å². The predicted octanol–water partition coefficient (Wildman–Crippen LogP) is 3.54. The van der Waals surface area contributed by atoms with Crippen LogP contribution in [0, 0.1) is 13.8 Å². The first kappa shape index (κ1) is 18.1. The van der Waals surface area contributed by atoms with Crippen LogP contribution in [0.25, 0.3) is 0 Å². The van der Waals surface area contributed by atoms with E-state index in [0.717, 1.165) is 11.4 Å². The molecule has 1 aliphatic rings. The van der Waals surface area contributed by atoms with E-state index in [-0.39, 0.29) is 12.6 Å². The Labute approximate surface area is 152 Å². The van der Waals surface area contributed by atoms with Crippen molar-refractivity contribution in [1.82, 2.24) is 14.9 Å². The molecule has 2 amide bonds. The number of piperidine rings is 1. The minimum atomic E-state index is -1.35. The van der Waals surface area contributed by atoms with E-state index in [1.54, 1.807) is 11.0 Å². The van der Waals surface area contributed by atoms with E-state index in [2.05, 4.69) is 20.6 Å². The fraction of sp³-hybridized carbons (Fsp3) is 0.421. The number of aromatic nitrogens is 2. The number of benzene rings is 1. The molecule has 0 atom stereocenters. The monoisotopic (exact) mass is 357 g/mol. The van der Waals surface area contributed by atoms with E-state index < -0.39 is 5.67 Å². The van der Waals surface area contributed by atoms with Crippen molar-refractivity contribution in [3.63, 3.8) is 0 Å². The summed E-state index contributed by atoms with van der Waals surface area (Å²) in [5, 5.41) is 5.92. The third-order valence-corrected chi connectivity index (χ3v) is 4.52. The van der Waals surface area contributed by atoms with Gasteiger partial charge in [0.05, 0.1) is 6.54 Å². The molecule has 0 saturated carbocycles. The molecule has 0 bridgehead atoms. The number of rotatable bonds is 4. The van der Waals surface area contributed by atoms with Gasteiger partial charge in [-0.15, -0.1) is 0 Å². The van der Waals surface area contributed by atoms with E-state index in [0.29, 0.717) is 37.6 Å². The van der Waals surface area contributed by atoms with Crippen molar-refractivity contribution in [2.45, 2.75) is 32.4 Å². The quantitative estimate of drug-likeness (QED) is 0.878. The predicted molar refractivity (Wildman–Crippen MR) is 100 cm³/mol. The maximum atomic E-state index is 15.1. The molecule has 2 N–H and O–H groups in total. The molecule has 2 heterocycles. The number of alkyl halides is 1. The molecular formula is C19H24FN5O. The molecule has 138 valence electrons. The van der Waals surface area contributed by atoms with Gasteiger partial charge in [-0.3, -0.25) is 0 Å². The molecule has 2 aromatic rings. The molecule has 0 unspecified atom stereocenters. The zero-order valence-corrected chi connectivity index (χ0v) is 15.1. The lowest BCUT2D eigenvalue weighted by molar-refractivity contribution is 0.0853. The van der Waals surface area contributed by atoms with Crippen molar-refractivity contribution in [2.75, 3.05) is 30.3 Å². The number of carbonyl (C=O) groups is 1. The standard InChI is InChI=1S/C19H24FN5O/c1-14-12-17(23-15(2)22-14)21-13-19(20)8-10-25(11-9-19)18(26)24-16-6-4-3-5-7-16/h3-7,12H,8-11,13H2,1-2H3,(H,24,26)(H,21,22,23). The molecule has 0 spiro atoms. The number of hydrogen-bond acceptors (Lipinski definition) is 4. The maximum Gasteiger partial charge on any atom is 0.321 e. The van der Waals surface area contributed by atoms with Crippen LogP contribution in [0.5, 0.6) is 0 Å². The lowest BCUT2D eigenvalue weighted by atomic mass is 9.93. The third-order valence-electron chi connectivity index (χ3n) is 4.52. The number of hydrogen-bond donors (Lipinski definition) is 2. The van der Waals surface area contributed by atoms with Crippen molar-refractivity contribution >= 4 is 17.5 Å². The highest BCUT2D eigenvalue weighted by atomic mass is 19.1. The Kier molecular flexibility index (Phi) is 5.35. The van der Waals surface area contributed by atoms with Gasteiger partial charge >= 0.3 is 6.03 Å². The second kappa shape index (κ2) is 7.68. The minimum Gasteiger partial charge on any atom is -0.367 e. The van der Waals surface area contributed by atoms with Crippen LogP contribution in [0.3, 0.4) is 0 Å². The highest BCUT2D eigenvalue weighted by Gasteiger charge is 2.36. The number of carbonyl (C=O) groups excluding carboxylic acids is 1. The van der Waals surface area contributed by atoms with Crippen molar-refractivity contribution in [3.8, 4) is 0 Å². The number of aryl methyl sites for hydroxylation is 2. The number of nitrogens with zero attached hydrogens (tertiary/aromatic N) is 3. The number of likely N-dealkylation sites (tertiary alicyclic amines) is 1. The van der Waals surface area contributed by atoms with Crippen LogP contribution < -0.4 is 10.6 Å². The van der Waals surface area contributed by atoms with Crippen LogP contribution >= 0.6 is 0 Å². The Morgan fingerprint density at radius 3 is 2.54 bits per heavy atom. The molecule has 7 heteroatoms. The highest BCUT2D eigenvalue weighted by molar-refractivity contribution is 5.89. The Morgan fingerprint density at radius 2 is 1.88 bits per heavy atom. The Hall–Kier alpha value is -2.70. The zero-order chi connectivity index (χ0) is 18.6. The third kappa shape index (κ3) is 4.68. The molecule has 3 rings (SSSR count). The Morgan fingerprint density at radius 1 is 1.19 bits per heavy atom. The second-order valence-corrected chi connectivity index (χ2v) is 6.73. The van der Waals surface area contributed by atoms with E-state index in [1.165, 1.54) is 0 Å². The molecule has 0 aliphatic carbocycles. The number of para-hydroxylation sites is 1. The van der Waals surface area contributed by atoms with Crippen LogP contribution in [0.2, 0.25) is 0 Å². The van der Waals surface area contributed by atoms with Crippen LogP contribution in [0.4, 0.5) is 20.7 Å². The molecule has 26 heavy (non-hydrogen) atoms. The van der Waals surface area contributed by atoms with Gasteiger partial charge in [-0.2, -0.15) is 0 Å². The van der Waals surface area contributed by atoms with E-state index in [1.807, 2.05) is 44.2 Å². The normalized spacial score (nSPS) is 16.2. The first-order chi connectivity index (χ1) is 12.4. The summed E-state index contributed by atoms with van der Waals surface area (Å²) in [6.07, 6.45) is 0.594. The number of urea groups is 1. The molecule has 1 aromatic heterocycles. The smallest absolute Gasteiger partial charge is 0.321 e. The van der Waals surface area contributed by atoms with E-state index >= 15 is 4.39 Å². The van der Waals surface area contributed by atoms with Crippen LogP contribution in [-0.2, 0) is 0 Å². The number of anilines is 2. The Balaban J connectivity index is 1.51. The average Bonchev–Trinajstić information content (AvgIpc) is 2.61. The van der Waals surface area contributed by atoms with Gasteiger partial charge in [-0.05, 0) is 26.0 Å². The molecule has 1 fully saturated rings. The summed E-state index contributed by atoms with van der Waals surface area (Å²) >= 11 is 0. The van der Waals surface area contributed by atoms with Crippen molar-refractivity contribution < 1.29 is 9.18 Å². The van der Waals surface area contributed by atoms with Gasteiger partial charge in [0.25, 0.3) is 0 Å². The fourth-order valence-corrected chi connectivity index (χ4v) is 3.07. The average molecular weight is 357 g/mol. The van der Waals surface area contributed by atoms with Gasteiger partial charge in [0.15, 0.2) is 0 Å². The lowest BCUT2D eigenvalue weighted by Gasteiger charge is -2.36. The first-order valence-electron chi connectivity index (χ1n) is 8.80. The maximum absolute atomic E-state index is 15.1. The molecule has 1 aromatic carbocycles. The highest BCUT2D eigenvalue weighted by Crippen LogP contribution is 2.27. The van der Waals surface area contributed by atoms with Gasteiger partial charge in [-0.25, -0.2) is 19.2 Å². The van der Waals surface area contributed by atoms with Crippen molar-refractivity contribution in [1.29, 1.82) is 0 Å². The van der Waals surface area contributed by atoms with E-state index in [9.17, 15) is 4.79 Å². The summed E-state index contributed by atoms with van der Waals surface area (Å²) in [6, 6.07) is 10.9. The SMILES string of the molecule is Cc1cc(NCC2(F)CCN(C(=O)Nc3ccccc3)CC2)nc(C)n1. The zero-order valence-electron chi connectivity index (χ0n) is 15.1. The Bertz CT molecular complexity index is 740. The van der Waals surface area contributed by atoms with Crippen LogP contribution in [0.15, 0.2) is 36.4 Å². The largest absolute Gasteiger partial charge is 0.367 e. The van der Waals surface area contributed by atoms with E-state index in [4.69, 9.17) is 0 Å². The summed E-state index contributed by atoms with van der Waals surface area (Å²) in [7, 11) is 0. The summed E-state index contributed by atoms with van der Waals surface area (Å²) in [5.41, 5.74) is 0.238. The number of amides is 2. The molecule has 1 saturated heterocycles. The summed E-state index contributed by atoms with van der Waals surface area (Å²) < 4.78 is 15.1. The summed E-state index contributed by atoms with van der Waals surface area (Å²) in [5.74, 6) is 1.30. The van der Waals surface area contributed by atoms with Gasteiger partial charge in [0.1, 0.15) is 17.3 Å². The second-order valence-electron chi connectivity index (χ2n) is 6.73. The molecule has 6 nitrogen and oxygen atoms in total. The topological polar surface area (TPSA) is 70.2 Å². The molecule has 1 aliphatic heterocycles. The van der Waals surface area contributed by atoms with Gasteiger partial charge in [-0.1, -0.05) is 18.2 Å². The minimum absolute atomic E-state index is 0.178. The van der Waals surface area contributed by atoms with Crippen LogP contribution in [0.1, 0.15) is 24.4 Å². The fourth-order valence-electron chi connectivity index (χ4n) is 3.07. The van der Waals surface area contributed by atoms with Crippen LogP contribution in [-0.4, -0.2) is 46.2 Å². The summed E-state index contributed by atoms with van der Waals surface area (Å²) in [4.78, 5) is 22.4. The summed E-state index contributed by atoms with van der Waals surface area (Å²) in [6.45, 7) is 4.65. The number of halogens is 1. The molecule has 0 radical (unpaired) electrons.